The largest absolute Gasteiger partial charge is 0.505 e. The summed E-state index contributed by atoms with van der Waals surface area (Å²) in [6, 6.07) is 7.40. The van der Waals surface area contributed by atoms with E-state index in [9.17, 15) is 14.3 Å². The van der Waals surface area contributed by atoms with Crippen molar-refractivity contribution >= 4 is 34.0 Å². The number of anilines is 3. The molecule has 4 heterocycles. The summed E-state index contributed by atoms with van der Waals surface area (Å²) >= 11 is 0. The van der Waals surface area contributed by atoms with E-state index in [0.29, 0.717) is 17.2 Å². The van der Waals surface area contributed by atoms with Gasteiger partial charge in [-0.1, -0.05) is 12.2 Å². The van der Waals surface area contributed by atoms with Crippen LogP contribution in [0.4, 0.5) is 21.5 Å². The molecule has 2 fully saturated rings. The molecule has 0 spiro atoms. The average Bonchev–Trinajstić information content (AvgIpc) is 2.94. The van der Waals surface area contributed by atoms with Crippen LogP contribution in [-0.4, -0.2) is 74.0 Å². The van der Waals surface area contributed by atoms with Crippen molar-refractivity contribution in [2.45, 2.75) is 18.9 Å². The molecule has 2 aromatic carbocycles. The number of phenols is 1. The highest BCUT2D eigenvalue weighted by atomic mass is 19.1. The molecule has 3 aliphatic rings. The van der Waals surface area contributed by atoms with E-state index in [1.807, 2.05) is 0 Å². The summed E-state index contributed by atoms with van der Waals surface area (Å²) in [5.74, 6) is -0.475. The number of methoxy groups -OCH3 is 1. The van der Waals surface area contributed by atoms with Gasteiger partial charge in [-0.2, -0.15) is 0 Å². The number of pyridine rings is 1. The third kappa shape index (κ3) is 4.27. The first kappa shape index (κ1) is 23.7. The van der Waals surface area contributed by atoms with Crippen LogP contribution in [0.2, 0.25) is 0 Å². The van der Waals surface area contributed by atoms with Crippen LogP contribution in [0, 0.1) is 5.82 Å². The van der Waals surface area contributed by atoms with Crippen LogP contribution in [-0.2, 0) is 0 Å². The summed E-state index contributed by atoms with van der Waals surface area (Å²) in [6.07, 6.45) is 7.75. The normalized spacial score (nSPS) is 18.6. The van der Waals surface area contributed by atoms with Gasteiger partial charge in [-0.25, -0.2) is 4.39 Å². The number of halogens is 1. The zero-order chi connectivity index (χ0) is 25.5. The summed E-state index contributed by atoms with van der Waals surface area (Å²) in [4.78, 5) is 22.5. The molecule has 9 heteroatoms. The van der Waals surface area contributed by atoms with Gasteiger partial charge in [-0.05, 0) is 18.9 Å². The molecule has 3 N–H and O–H groups in total. The zero-order valence-electron chi connectivity index (χ0n) is 21.0. The van der Waals surface area contributed by atoms with Gasteiger partial charge in [-0.3, -0.25) is 9.69 Å². The molecule has 194 valence electrons. The van der Waals surface area contributed by atoms with Crippen molar-refractivity contribution in [2.75, 3.05) is 68.0 Å². The van der Waals surface area contributed by atoms with Crippen LogP contribution in [0.1, 0.15) is 18.4 Å². The van der Waals surface area contributed by atoms with Gasteiger partial charge in [0.2, 0.25) is 0 Å². The Morgan fingerprint density at radius 2 is 1.78 bits per heavy atom. The number of phenolic OH excluding ortho intramolecular Hbond substituents is 1. The van der Waals surface area contributed by atoms with Crippen LogP contribution in [0.15, 0.2) is 41.3 Å². The molecule has 8 nitrogen and oxygen atoms in total. The van der Waals surface area contributed by atoms with Crippen LogP contribution >= 0.6 is 0 Å². The Morgan fingerprint density at radius 1 is 1.03 bits per heavy atom. The second-order valence-corrected chi connectivity index (χ2v) is 9.96. The minimum atomic E-state index is -0.864. The van der Waals surface area contributed by atoms with Gasteiger partial charge in [0.1, 0.15) is 5.75 Å². The summed E-state index contributed by atoms with van der Waals surface area (Å²) in [7, 11) is 1.71. The maximum Gasteiger partial charge on any atom is 0.192 e. The fourth-order valence-corrected chi connectivity index (χ4v) is 6.00. The Bertz CT molecular complexity index is 1410. The molecule has 0 bridgehead atoms. The van der Waals surface area contributed by atoms with Crippen LogP contribution in [0.5, 0.6) is 11.5 Å². The van der Waals surface area contributed by atoms with E-state index in [1.165, 1.54) is 29.7 Å². The van der Waals surface area contributed by atoms with Gasteiger partial charge >= 0.3 is 0 Å². The quantitative estimate of drug-likeness (QED) is 0.500. The number of nitrogens with one attached hydrogen (secondary N) is 2. The number of hydrogen-bond donors (Lipinski definition) is 3. The number of H-pyrrole nitrogens is 1. The van der Waals surface area contributed by atoms with Crippen molar-refractivity contribution in [1.29, 1.82) is 0 Å². The molecule has 3 aromatic rings. The van der Waals surface area contributed by atoms with Crippen LogP contribution in [0.3, 0.4) is 0 Å². The Morgan fingerprint density at radius 3 is 2.54 bits per heavy atom. The molecule has 1 aromatic heterocycles. The van der Waals surface area contributed by atoms with E-state index in [0.717, 1.165) is 70.0 Å². The molecule has 3 aliphatic heterocycles. The molecule has 2 saturated heterocycles. The minimum Gasteiger partial charge on any atom is -0.505 e. The lowest BCUT2D eigenvalue weighted by Gasteiger charge is -2.44. The van der Waals surface area contributed by atoms with Gasteiger partial charge in [0.05, 0.1) is 35.1 Å². The molecule has 0 atom stereocenters. The number of aromatic amines is 1. The number of piperidine rings is 1. The second-order valence-electron chi connectivity index (χ2n) is 9.96. The lowest BCUT2D eigenvalue weighted by molar-refractivity contribution is 0.160. The summed E-state index contributed by atoms with van der Waals surface area (Å²) in [5, 5.41) is 13.6. The van der Waals surface area contributed by atoms with Gasteiger partial charge < -0.3 is 29.9 Å². The van der Waals surface area contributed by atoms with Crippen molar-refractivity contribution < 1.29 is 14.2 Å². The number of aromatic hydroxyl groups is 1. The molecule has 6 rings (SSSR count). The van der Waals surface area contributed by atoms with Gasteiger partial charge in [0, 0.05) is 81.8 Å². The SMILES string of the molecule is COc1cc2c(c(N3CCN(C4CCN(c5cc(O)c(F)c6c(=O)cc[nH]c56)CC4)CC3)c1)NCC=C2. The fraction of sp³-hybridized carbons (Fsp3) is 0.393. The Hall–Kier alpha value is -3.72. The monoisotopic (exact) mass is 505 g/mol. The standard InChI is InChI=1S/C28H32FN5O3/c1-37-20-15-18-3-2-7-30-27(18)21(16-20)34-13-11-32(12-14-34)19-5-9-33(10-6-19)22-17-24(36)26(29)25-23(35)4-8-31-28(22)25/h2-4,8,15-17,19,30,36H,5-7,9-14H2,1H3,(H,31,35). The first-order chi connectivity index (χ1) is 18.0. The maximum atomic E-state index is 14.5. The predicted octanol–water partition coefficient (Wildman–Crippen LogP) is 3.61. The summed E-state index contributed by atoms with van der Waals surface area (Å²) < 4.78 is 20.1. The highest BCUT2D eigenvalue weighted by Crippen LogP contribution is 2.38. The minimum absolute atomic E-state index is 0.0829. The molecule has 0 radical (unpaired) electrons. The Kier molecular flexibility index (Phi) is 6.16. The van der Waals surface area contributed by atoms with Crippen LogP contribution < -0.4 is 25.3 Å². The summed E-state index contributed by atoms with van der Waals surface area (Å²) in [5.41, 5.74) is 4.23. The van der Waals surface area contributed by atoms with E-state index < -0.39 is 17.0 Å². The number of nitrogens with zero attached hydrogens (tertiary/aromatic N) is 3. The lowest BCUT2D eigenvalue weighted by atomic mass is 10.0. The Labute approximate surface area is 214 Å². The van der Waals surface area contributed by atoms with E-state index in [1.54, 1.807) is 7.11 Å². The van der Waals surface area contributed by atoms with E-state index in [2.05, 4.69) is 49.3 Å². The number of fused-ring (bicyclic) bond motifs is 2. The molecule has 37 heavy (non-hydrogen) atoms. The lowest BCUT2D eigenvalue weighted by Crippen LogP contribution is -2.53. The van der Waals surface area contributed by atoms with Crippen molar-refractivity contribution in [3.8, 4) is 11.5 Å². The predicted molar refractivity (Wildman–Crippen MR) is 146 cm³/mol. The Balaban J connectivity index is 1.13. The van der Waals surface area contributed by atoms with Crippen molar-refractivity contribution in [2.24, 2.45) is 0 Å². The first-order valence-electron chi connectivity index (χ1n) is 12.9. The number of ether oxygens (including phenoxy) is 1. The molecular weight excluding hydrogens is 473 g/mol. The van der Waals surface area contributed by atoms with Crippen molar-refractivity contribution in [3.05, 3.63) is 58.1 Å². The second kappa shape index (κ2) is 9.63. The van der Waals surface area contributed by atoms with E-state index >= 15 is 0 Å². The highest BCUT2D eigenvalue weighted by Gasteiger charge is 2.30. The molecule has 0 saturated carbocycles. The average molecular weight is 506 g/mol. The topological polar surface area (TPSA) is 84.1 Å². The molecule has 0 aliphatic carbocycles. The zero-order valence-corrected chi connectivity index (χ0v) is 21.0. The number of benzene rings is 2. The third-order valence-electron chi connectivity index (χ3n) is 7.96. The third-order valence-corrected chi connectivity index (χ3v) is 7.96. The molecular formula is C28H32FN5O3. The highest BCUT2D eigenvalue weighted by molar-refractivity contribution is 5.92. The first-order valence-corrected chi connectivity index (χ1v) is 12.9. The number of hydrogen-bond acceptors (Lipinski definition) is 7. The van der Waals surface area contributed by atoms with Gasteiger partial charge in [-0.15, -0.1) is 0 Å². The number of piperazine rings is 1. The maximum absolute atomic E-state index is 14.5. The summed E-state index contributed by atoms with van der Waals surface area (Å²) in [6.45, 7) is 6.26. The number of aromatic nitrogens is 1. The van der Waals surface area contributed by atoms with E-state index in [-0.39, 0.29) is 5.39 Å². The van der Waals surface area contributed by atoms with Gasteiger partial charge in [0.25, 0.3) is 0 Å². The molecule has 0 unspecified atom stereocenters. The van der Waals surface area contributed by atoms with Gasteiger partial charge in [0.15, 0.2) is 17.0 Å². The van der Waals surface area contributed by atoms with Crippen molar-refractivity contribution in [1.82, 2.24) is 9.88 Å². The van der Waals surface area contributed by atoms with Crippen LogP contribution in [0.25, 0.3) is 17.0 Å². The van der Waals surface area contributed by atoms with Crippen molar-refractivity contribution in [3.63, 3.8) is 0 Å². The fourth-order valence-electron chi connectivity index (χ4n) is 6.00. The number of rotatable bonds is 4. The molecule has 0 amide bonds. The van der Waals surface area contributed by atoms with E-state index in [4.69, 9.17) is 4.74 Å². The smallest absolute Gasteiger partial charge is 0.192 e.